The molecule has 0 saturated heterocycles. The minimum atomic E-state index is -2.95. The minimum Gasteiger partial charge on any atom is -0.228 e. The Balaban J connectivity index is 2.64. The number of rotatable bonds is 4. The van der Waals surface area contributed by atoms with Crippen LogP contribution in [0.2, 0.25) is 0 Å². The van der Waals surface area contributed by atoms with Crippen molar-refractivity contribution in [1.29, 1.82) is 0 Å². The lowest BCUT2D eigenvalue weighted by molar-refractivity contribution is 0.335. The van der Waals surface area contributed by atoms with Crippen LogP contribution in [0.5, 0.6) is 0 Å². The van der Waals surface area contributed by atoms with E-state index in [1.165, 1.54) is 25.7 Å². The molecule has 1 aliphatic carbocycles. The first-order chi connectivity index (χ1) is 7.22. The fourth-order valence-corrected chi connectivity index (χ4v) is 4.39. The fraction of sp³-hybridized carbons (Fsp3) is 1.00. The molecular weight excluding hydrogens is 288 g/mol. The third-order valence-electron chi connectivity index (χ3n) is 3.78. The monoisotopic (exact) mass is 310 g/mol. The maximum absolute atomic E-state index is 12.1. The zero-order valence-corrected chi connectivity index (χ0v) is 13.0. The molecule has 0 unspecified atom stereocenters. The molecule has 0 spiro atoms. The van der Waals surface area contributed by atoms with Gasteiger partial charge < -0.3 is 0 Å². The van der Waals surface area contributed by atoms with E-state index < -0.39 is 14.6 Å². The average molecular weight is 311 g/mol. The Hall–Kier alpha value is 0.430. The van der Waals surface area contributed by atoms with Gasteiger partial charge in [-0.1, -0.05) is 28.8 Å². The standard InChI is InChI=1S/C12H23BrO2S/c1-11(2,3)16(14,15)9-8-12(10-13)6-4-5-7-12/h4-10H2,1-3H3. The molecule has 0 aromatic heterocycles. The minimum absolute atomic E-state index is 0.248. The summed E-state index contributed by atoms with van der Waals surface area (Å²) in [6.45, 7) is 5.37. The van der Waals surface area contributed by atoms with Crippen LogP contribution >= 0.6 is 15.9 Å². The molecule has 16 heavy (non-hydrogen) atoms. The molecule has 1 fully saturated rings. The highest BCUT2D eigenvalue weighted by Crippen LogP contribution is 2.43. The zero-order valence-electron chi connectivity index (χ0n) is 10.6. The van der Waals surface area contributed by atoms with Gasteiger partial charge in [0.2, 0.25) is 0 Å². The quantitative estimate of drug-likeness (QED) is 0.744. The molecule has 0 aliphatic heterocycles. The number of hydrogen-bond acceptors (Lipinski definition) is 2. The number of hydrogen-bond donors (Lipinski definition) is 0. The van der Waals surface area contributed by atoms with Crippen LogP contribution in [-0.2, 0) is 9.84 Å². The maximum atomic E-state index is 12.1. The molecule has 2 nitrogen and oxygen atoms in total. The second-order valence-corrected chi connectivity index (χ2v) is 9.45. The normalized spacial score (nSPS) is 21.2. The van der Waals surface area contributed by atoms with Crippen molar-refractivity contribution in [2.75, 3.05) is 11.1 Å². The summed E-state index contributed by atoms with van der Waals surface area (Å²) in [4.78, 5) is 0. The van der Waals surface area contributed by atoms with Crippen molar-refractivity contribution in [2.24, 2.45) is 5.41 Å². The summed E-state index contributed by atoms with van der Waals surface area (Å²) in [6.07, 6.45) is 5.68. The summed E-state index contributed by atoms with van der Waals surface area (Å²) in [6, 6.07) is 0. The van der Waals surface area contributed by atoms with E-state index in [1.807, 2.05) is 0 Å². The summed E-state index contributed by atoms with van der Waals surface area (Å²) >= 11 is 3.56. The lowest BCUT2D eigenvalue weighted by atomic mass is 9.86. The van der Waals surface area contributed by atoms with Crippen LogP contribution in [0.4, 0.5) is 0 Å². The first-order valence-electron chi connectivity index (χ1n) is 6.01. The van der Waals surface area contributed by atoms with Gasteiger partial charge in [0.25, 0.3) is 0 Å². The van der Waals surface area contributed by atoms with Crippen LogP contribution in [0.3, 0.4) is 0 Å². The van der Waals surface area contributed by atoms with Gasteiger partial charge in [-0.25, -0.2) is 8.42 Å². The van der Waals surface area contributed by atoms with Gasteiger partial charge >= 0.3 is 0 Å². The van der Waals surface area contributed by atoms with Crippen molar-refractivity contribution in [1.82, 2.24) is 0 Å². The summed E-state index contributed by atoms with van der Waals surface area (Å²) in [5, 5.41) is 0.944. The van der Waals surface area contributed by atoms with Crippen molar-refractivity contribution < 1.29 is 8.42 Å². The Kier molecular flexibility index (Phi) is 4.50. The van der Waals surface area contributed by atoms with Crippen LogP contribution in [-0.4, -0.2) is 24.2 Å². The molecule has 1 aliphatic rings. The van der Waals surface area contributed by atoms with Crippen LogP contribution < -0.4 is 0 Å². The summed E-state index contributed by atoms with van der Waals surface area (Å²) in [5.74, 6) is 0.335. The average Bonchev–Trinajstić information content (AvgIpc) is 2.62. The Labute approximate surface area is 108 Å². The molecule has 0 atom stereocenters. The largest absolute Gasteiger partial charge is 0.228 e. The van der Waals surface area contributed by atoms with Crippen LogP contribution in [0.25, 0.3) is 0 Å². The van der Waals surface area contributed by atoms with Crippen LogP contribution in [0, 0.1) is 5.41 Å². The zero-order chi connectivity index (χ0) is 12.4. The van der Waals surface area contributed by atoms with Crippen molar-refractivity contribution >= 4 is 25.8 Å². The van der Waals surface area contributed by atoms with E-state index in [-0.39, 0.29) is 5.41 Å². The van der Waals surface area contributed by atoms with Crippen molar-refractivity contribution in [2.45, 2.75) is 57.6 Å². The lowest BCUT2D eigenvalue weighted by Gasteiger charge is -2.28. The summed E-state index contributed by atoms with van der Waals surface area (Å²) in [7, 11) is -2.95. The number of sulfone groups is 1. The third kappa shape index (κ3) is 3.22. The molecule has 0 heterocycles. The molecule has 4 heteroatoms. The van der Waals surface area contributed by atoms with E-state index in [0.29, 0.717) is 5.75 Å². The smallest absolute Gasteiger partial charge is 0.155 e. The molecule has 96 valence electrons. The van der Waals surface area contributed by atoms with Gasteiger partial charge in [0.1, 0.15) is 0 Å². The number of halogens is 1. The highest BCUT2D eigenvalue weighted by atomic mass is 79.9. The third-order valence-corrected chi connectivity index (χ3v) is 7.58. The molecule has 0 N–H and O–H groups in total. The molecule has 0 amide bonds. The summed E-state index contributed by atoms with van der Waals surface area (Å²) < 4.78 is 23.5. The molecule has 0 bridgehead atoms. The predicted octanol–water partition coefficient (Wildman–Crippen LogP) is 3.55. The molecule has 0 aromatic rings. The van der Waals surface area contributed by atoms with Crippen molar-refractivity contribution in [3.63, 3.8) is 0 Å². The first kappa shape index (κ1) is 14.5. The van der Waals surface area contributed by atoms with Gasteiger partial charge in [0, 0.05) is 5.33 Å². The van der Waals surface area contributed by atoms with Gasteiger partial charge in [-0.2, -0.15) is 0 Å². The highest BCUT2D eigenvalue weighted by Gasteiger charge is 2.36. The van der Waals surface area contributed by atoms with Crippen LogP contribution in [0.15, 0.2) is 0 Å². The van der Waals surface area contributed by atoms with Gasteiger partial charge in [0.05, 0.1) is 10.5 Å². The fourth-order valence-electron chi connectivity index (χ4n) is 2.23. The van der Waals surface area contributed by atoms with Crippen molar-refractivity contribution in [3.05, 3.63) is 0 Å². The second-order valence-electron chi connectivity index (χ2n) is 6.02. The van der Waals surface area contributed by atoms with Gasteiger partial charge in [-0.3, -0.25) is 0 Å². The maximum Gasteiger partial charge on any atom is 0.155 e. The van der Waals surface area contributed by atoms with E-state index in [4.69, 9.17) is 0 Å². The first-order valence-corrected chi connectivity index (χ1v) is 8.78. The van der Waals surface area contributed by atoms with E-state index in [0.717, 1.165) is 11.8 Å². The molecule has 1 rings (SSSR count). The van der Waals surface area contributed by atoms with Gasteiger partial charge in [-0.05, 0) is 45.4 Å². The highest BCUT2D eigenvalue weighted by molar-refractivity contribution is 9.09. The van der Waals surface area contributed by atoms with Gasteiger partial charge in [-0.15, -0.1) is 0 Å². The topological polar surface area (TPSA) is 34.1 Å². The Morgan fingerprint density at radius 3 is 2.06 bits per heavy atom. The lowest BCUT2D eigenvalue weighted by Crippen LogP contribution is -2.33. The van der Waals surface area contributed by atoms with Crippen molar-refractivity contribution in [3.8, 4) is 0 Å². The molecule has 0 aromatic carbocycles. The SMILES string of the molecule is CC(C)(C)S(=O)(=O)CCC1(CBr)CCCC1. The predicted molar refractivity (Wildman–Crippen MR) is 72.9 cm³/mol. The van der Waals surface area contributed by atoms with E-state index in [2.05, 4.69) is 15.9 Å². The number of alkyl halides is 1. The van der Waals surface area contributed by atoms with Gasteiger partial charge in [0.15, 0.2) is 9.84 Å². The van der Waals surface area contributed by atoms with E-state index >= 15 is 0 Å². The molecular formula is C12H23BrO2S. The second kappa shape index (κ2) is 4.97. The van der Waals surface area contributed by atoms with E-state index in [1.54, 1.807) is 20.8 Å². The molecule has 1 saturated carbocycles. The molecule has 0 radical (unpaired) electrons. The summed E-state index contributed by atoms with van der Waals surface area (Å²) in [5.41, 5.74) is 0.248. The van der Waals surface area contributed by atoms with Crippen LogP contribution in [0.1, 0.15) is 52.9 Å². The Morgan fingerprint density at radius 2 is 1.69 bits per heavy atom. The Morgan fingerprint density at radius 1 is 1.19 bits per heavy atom. The van der Waals surface area contributed by atoms with E-state index in [9.17, 15) is 8.42 Å². The Bertz CT molecular complexity index is 321.